The second kappa shape index (κ2) is 6.05. The van der Waals surface area contributed by atoms with Gasteiger partial charge in [0, 0.05) is 13.2 Å². The van der Waals surface area contributed by atoms with Crippen LogP contribution in [0.5, 0.6) is 0 Å². The van der Waals surface area contributed by atoms with Crippen molar-refractivity contribution in [1.82, 2.24) is 10.3 Å². The Balaban J connectivity index is 2.44. The zero-order chi connectivity index (χ0) is 11.3. The number of carbonyl (C=O) groups excluding carboxylic acids is 1. The van der Waals surface area contributed by atoms with Crippen molar-refractivity contribution in [2.45, 2.75) is 32.2 Å². The summed E-state index contributed by atoms with van der Waals surface area (Å²) in [5.74, 6) is 5.48. The van der Waals surface area contributed by atoms with Crippen LogP contribution in [0.3, 0.4) is 0 Å². The Bertz CT molecular complexity index is 209. The van der Waals surface area contributed by atoms with Crippen molar-refractivity contribution >= 4 is 5.91 Å². The van der Waals surface area contributed by atoms with Crippen LogP contribution in [0.15, 0.2) is 0 Å². The predicted molar refractivity (Wildman–Crippen MR) is 57.8 cm³/mol. The summed E-state index contributed by atoms with van der Waals surface area (Å²) < 4.78 is 0. The SMILES string of the molecule is CC(C(=O)NN)N1CCCC(CCO)C1. The van der Waals surface area contributed by atoms with Crippen LogP contribution >= 0.6 is 0 Å². The van der Waals surface area contributed by atoms with E-state index in [1.54, 1.807) is 0 Å². The number of hydrazine groups is 1. The topological polar surface area (TPSA) is 78.6 Å². The fourth-order valence-electron chi connectivity index (χ4n) is 2.15. The molecule has 4 N–H and O–H groups in total. The molecule has 1 fully saturated rings. The first-order valence-corrected chi connectivity index (χ1v) is 5.54. The molecule has 0 bridgehead atoms. The number of aliphatic hydroxyl groups excluding tert-OH is 1. The van der Waals surface area contributed by atoms with Crippen LogP contribution in [0, 0.1) is 5.92 Å². The lowest BCUT2D eigenvalue weighted by atomic mass is 9.94. The Hall–Kier alpha value is -0.650. The Labute approximate surface area is 90.6 Å². The minimum absolute atomic E-state index is 0.139. The first kappa shape index (κ1) is 12.4. The molecule has 5 nitrogen and oxygen atoms in total. The molecular formula is C10H21N3O2. The highest BCUT2D eigenvalue weighted by Gasteiger charge is 2.26. The average Bonchev–Trinajstić information content (AvgIpc) is 2.28. The maximum absolute atomic E-state index is 11.3. The van der Waals surface area contributed by atoms with E-state index < -0.39 is 0 Å². The van der Waals surface area contributed by atoms with Crippen molar-refractivity contribution in [3.8, 4) is 0 Å². The Kier molecular flexibility index (Phi) is 5.01. The Morgan fingerprint density at radius 3 is 3.07 bits per heavy atom. The number of hydrogen-bond acceptors (Lipinski definition) is 4. The summed E-state index contributed by atoms with van der Waals surface area (Å²) in [6, 6.07) is -0.170. The summed E-state index contributed by atoms with van der Waals surface area (Å²) in [5, 5.41) is 8.88. The molecule has 0 aromatic rings. The normalized spacial score (nSPS) is 24.9. The van der Waals surface area contributed by atoms with Crippen LogP contribution in [0.2, 0.25) is 0 Å². The number of likely N-dealkylation sites (tertiary alicyclic amines) is 1. The molecule has 0 aromatic heterocycles. The van der Waals surface area contributed by atoms with Crippen LogP contribution in [0.1, 0.15) is 26.2 Å². The van der Waals surface area contributed by atoms with Gasteiger partial charge in [-0.15, -0.1) is 0 Å². The second-order valence-electron chi connectivity index (χ2n) is 4.20. The van der Waals surface area contributed by atoms with E-state index in [9.17, 15) is 4.79 Å². The number of carbonyl (C=O) groups is 1. The number of amides is 1. The Morgan fingerprint density at radius 2 is 2.47 bits per heavy atom. The zero-order valence-electron chi connectivity index (χ0n) is 9.28. The number of aliphatic hydroxyl groups is 1. The van der Waals surface area contributed by atoms with Gasteiger partial charge in [-0.2, -0.15) is 0 Å². The molecule has 5 heteroatoms. The highest BCUT2D eigenvalue weighted by molar-refractivity contribution is 5.80. The minimum Gasteiger partial charge on any atom is -0.396 e. The van der Waals surface area contributed by atoms with Gasteiger partial charge in [0.1, 0.15) is 0 Å². The molecule has 2 unspecified atom stereocenters. The van der Waals surface area contributed by atoms with E-state index in [0.29, 0.717) is 5.92 Å². The largest absolute Gasteiger partial charge is 0.396 e. The van der Waals surface area contributed by atoms with Crippen LogP contribution in [0.4, 0.5) is 0 Å². The summed E-state index contributed by atoms with van der Waals surface area (Å²) >= 11 is 0. The predicted octanol–water partition coefficient (Wildman–Crippen LogP) is -0.541. The fraction of sp³-hybridized carbons (Fsp3) is 0.900. The fourth-order valence-corrected chi connectivity index (χ4v) is 2.15. The molecule has 0 aromatic carbocycles. The summed E-state index contributed by atoms with van der Waals surface area (Å²) in [6.07, 6.45) is 3.06. The van der Waals surface area contributed by atoms with E-state index in [1.807, 2.05) is 6.92 Å². The summed E-state index contributed by atoms with van der Waals surface area (Å²) in [6.45, 7) is 3.92. The summed E-state index contributed by atoms with van der Waals surface area (Å²) in [7, 11) is 0. The maximum Gasteiger partial charge on any atom is 0.250 e. The van der Waals surface area contributed by atoms with E-state index >= 15 is 0 Å². The molecular weight excluding hydrogens is 194 g/mol. The van der Waals surface area contributed by atoms with Gasteiger partial charge in [-0.1, -0.05) is 0 Å². The summed E-state index contributed by atoms with van der Waals surface area (Å²) in [5.41, 5.74) is 2.18. The second-order valence-corrected chi connectivity index (χ2v) is 4.20. The van der Waals surface area contributed by atoms with Gasteiger partial charge < -0.3 is 5.11 Å². The van der Waals surface area contributed by atoms with E-state index in [-0.39, 0.29) is 18.6 Å². The zero-order valence-corrected chi connectivity index (χ0v) is 9.28. The third-order valence-electron chi connectivity index (χ3n) is 3.16. The van der Waals surface area contributed by atoms with Crippen molar-refractivity contribution in [1.29, 1.82) is 0 Å². The van der Waals surface area contributed by atoms with Crippen LogP contribution in [-0.2, 0) is 4.79 Å². The van der Waals surface area contributed by atoms with E-state index in [4.69, 9.17) is 10.9 Å². The molecule has 88 valence electrons. The molecule has 0 spiro atoms. The lowest BCUT2D eigenvalue weighted by molar-refractivity contribution is -0.126. The highest BCUT2D eigenvalue weighted by Crippen LogP contribution is 2.20. The molecule has 1 aliphatic heterocycles. The Morgan fingerprint density at radius 1 is 1.73 bits per heavy atom. The van der Waals surface area contributed by atoms with E-state index in [1.165, 1.54) is 0 Å². The van der Waals surface area contributed by atoms with Gasteiger partial charge in [0.05, 0.1) is 6.04 Å². The van der Waals surface area contributed by atoms with Crippen molar-refractivity contribution < 1.29 is 9.90 Å². The third kappa shape index (κ3) is 3.44. The molecule has 0 radical (unpaired) electrons. The lowest BCUT2D eigenvalue weighted by Gasteiger charge is -2.35. The van der Waals surface area contributed by atoms with Gasteiger partial charge in [0.2, 0.25) is 0 Å². The smallest absolute Gasteiger partial charge is 0.250 e. The summed E-state index contributed by atoms with van der Waals surface area (Å²) in [4.78, 5) is 13.5. The van der Waals surface area contributed by atoms with Crippen molar-refractivity contribution in [2.75, 3.05) is 19.7 Å². The molecule has 0 aliphatic carbocycles. The number of nitrogens with zero attached hydrogens (tertiary/aromatic N) is 1. The van der Waals surface area contributed by atoms with Crippen molar-refractivity contribution in [3.05, 3.63) is 0 Å². The van der Waals surface area contributed by atoms with Gasteiger partial charge in [0.15, 0.2) is 0 Å². The third-order valence-corrected chi connectivity index (χ3v) is 3.16. The molecule has 1 saturated heterocycles. The minimum atomic E-state index is -0.170. The maximum atomic E-state index is 11.3. The number of rotatable bonds is 4. The van der Waals surface area contributed by atoms with Gasteiger partial charge in [-0.25, -0.2) is 5.84 Å². The van der Waals surface area contributed by atoms with Crippen LogP contribution in [-0.4, -0.2) is 41.7 Å². The number of nitrogens with two attached hydrogens (primary N) is 1. The number of hydrogen-bond donors (Lipinski definition) is 3. The van der Waals surface area contributed by atoms with E-state index in [2.05, 4.69) is 10.3 Å². The molecule has 0 saturated carbocycles. The van der Waals surface area contributed by atoms with Crippen LogP contribution < -0.4 is 11.3 Å². The molecule has 1 amide bonds. The molecule has 1 heterocycles. The molecule has 2 atom stereocenters. The van der Waals surface area contributed by atoms with Gasteiger partial charge in [-0.3, -0.25) is 15.1 Å². The van der Waals surface area contributed by atoms with Crippen molar-refractivity contribution in [3.63, 3.8) is 0 Å². The number of piperidine rings is 1. The first-order valence-electron chi connectivity index (χ1n) is 5.54. The highest BCUT2D eigenvalue weighted by atomic mass is 16.3. The average molecular weight is 215 g/mol. The molecule has 1 aliphatic rings. The van der Waals surface area contributed by atoms with E-state index in [0.717, 1.165) is 32.4 Å². The monoisotopic (exact) mass is 215 g/mol. The van der Waals surface area contributed by atoms with Crippen LogP contribution in [0.25, 0.3) is 0 Å². The lowest BCUT2D eigenvalue weighted by Crippen LogP contribution is -2.50. The quantitative estimate of drug-likeness (QED) is 0.334. The standard InChI is InChI=1S/C10H21N3O2/c1-8(10(15)12-11)13-5-2-3-9(7-13)4-6-14/h8-9,14H,2-7,11H2,1H3,(H,12,15). The van der Waals surface area contributed by atoms with Gasteiger partial charge in [-0.05, 0) is 38.6 Å². The molecule has 15 heavy (non-hydrogen) atoms. The van der Waals surface area contributed by atoms with Crippen molar-refractivity contribution in [2.24, 2.45) is 11.8 Å². The van der Waals surface area contributed by atoms with Gasteiger partial charge >= 0.3 is 0 Å². The first-order chi connectivity index (χ1) is 7.19. The number of nitrogens with one attached hydrogen (secondary N) is 1. The van der Waals surface area contributed by atoms with Gasteiger partial charge in [0.25, 0.3) is 5.91 Å². The molecule has 1 rings (SSSR count).